The van der Waals surface area contributed by atoms with Crippen molar-refractivity contribution in [3.63, 3.8) is 0 Å². The summed E-state index contributed by atoms with van der Waals surface area (Å²) in [7, 11) is 1.51. The highest BCUT2D eigenvalue weighted by molar-refractivity contribution is 7.59. The molecule has 3 rings (SSSR count). The molecule has 3 N–H and O–H groups in total. The molecule has 0 bridgehead atoms. The summed E-state index contributed by atoms with van der Waals surface area (Å²) in [5, 5.41) is 25.5. The number of nitrogens with zero attached hydrogens (tertiary/aromatic N) is 4. The lowest BCUT2D eigenvalue weighted by atomic mass is 10.3. The first-order valence-electron chi connectivity index (χ1n) is 8.37. The highest BCUT2D eigenvalue weighted by Gasteiger charge is 2.19. The van der Waals surface area contributed by atoms with Gasteiger partial charge in [-0.05, 0) is 12.1 Å². The fourth-order valence-corrected chi connectivity index (χ4v) is 2.40. The number of nitrogens with one attached hydrogen (secondary N) is 3. The summed E-state index contributed by atoms with van der Waals surface area (Å²) in [6.07, 6.45) is 1.33. The second-order valence-electron chi connectivity index (χ2n) is 5.70. The van der Waals surface area contributed by atoms with Gasteiger partial charge in [0.25, 0.3) is 5.91 Å². The molecule has 1 atom stereocenters. The molecule has 2 aromatic heterocycles. The molecule has 0 radical (unpaired) electrons. The summed E-state index contributed by atoms with van der Waals surface area (Å²) in [6.45, 7) is 2.37. The molecule has 1 fully saturated rings. The monoisotopic (exact) mass is 403 g/mol. The van der Waals surface area contributed by atoms with Gasteiger partial charge in [-0.15, -0.1) is 10.2 Å². The first-order valence-corrected chi connectivity index (χ1v) is 8.37. The van der Waals surface area contributed by atoms with Crippen LogP contribution in [0.2, 0.25) is 0 Å². The molecule has 148 valence electrons. The van der Waals surface area contributed by atoms with Gasteiger partial charge in [-0.3, -0.25) is 4.79 Å². The number of hydrogen-bond acceptors (Lipinski definition) is 9. The van der Waals surface area contributed by atoms with Gasteiger partial charge in [-0.25, -0.2) is 4.98 Å². The summed E-state index contributed by atoms with van der Waals surface area (Å²) < 4.78 is 11.4. The van der Waals surface area contributed by atoms with Crippen LogP contribution in [-0.2, 0) is 4.74 Å². The van der Waals surface area contributed by atoms with Gasteiger partial charge in [0.2, 0.25) is 0 Å². The second-order valence-corrected chi connectivity index (χ2v) is 5.70. The Kier molecular flexibility index (Phi) is 7.94. The SMILES string of the molecule is CNC(=O)c1nnc(Nc2ccc(C#N)cn2)cc1OC[C@@H]1CNCCO1.S. The van der Waals surface area contributed by atoms with Crippen LogP contribution < -0.4 is 20.7 Å². The molecule has 0 spiro atoms. The number of rotatable bonds is 6. The van der Waals surface area contributed by atoms with E-state index >= 15 is 0 Å². The molecule has 0 aromatic carbocycles. The predicted molar refractivity (Wildman–Crippen MR) is 106 cm³/mol. The number of ether oxygens (including phenoxy) is 2. The van der Waals surface area contributed by atoms with E-state index in [1.54, 1.807) is 18.2 Å². The van der Waals surface area contributed by atoms with E-state index in [2.05, 4.69) is 31.1 Å². The lowest BCUT2D eigenvalue weighted by Crippen LogP contribution is -2.41. The minimum Gasteiger partial charge on any atom is -0.488 e. The van der Waals surface area contributed by atoms with Gasteiger partial charge in [0, 0.05) is 32.4 Å². The van der Waals surface area contributed by atoms with Crippen molar-refractivity contribution in [3.05, 3.63) is 35.7 Å². The second kappa shape index (κ2) is 10.4. The number of morpholine rings is 1. The van der Waals surface area contributed by atoms with E-state index in [0.717, 1.165) is 6.54 Å². The lowest BCUT2D eigenvalue weighted by Gasteiger charge is -2.23. The van der Waals surface area contributed by atoms with Crippen LogP contribution in [-0.4, -0.2) is 60.5 Å². The van der Waals surface area contributed by atoms with Crippen LogP contribution in [0.1, 0.15) is 16.1 Å². The van der Waals surface area contributed by atoms with E-state index in [4.69, 9.17) is 14.7 Å². The van der Waals surface area contributed by atoms with Crippen LogP contribution in [0.15, 0.2) is 24.4 Å². The number of carbonyl (C=O) groups is 1. The first kappa shape index (κ1) is 21.4. The van der Waals surface area contributed by atoms with E-state index in [1.165, 1.54) is 13.2 Å². The normalized spacial score (nSPS) is 15.6. The van der Waals surface area contributed by atoms with Crippen LogP contribution in [0, 0.1) is 11.3 Å². The summed E-state index contributed by atoms with van der Waals surface area (Å²) in [5.41, 5.74) is 0.534. The molecule has 2 aromatic rings. The van der Waals surface area contributed by atoms with E-state index < -0.39 is 5.91 Å². The van der Waals surface area contributed by atoms with Crippen LogP contribution in [0.25, 0.3) is 0 Å². The molecule has 10 nitrogen and oxygen atoms in total. The highest BCUT2D eigenvalue weighted by atomic mass is 32.1. The zero-order chi connectivity index (χ0) is 19.1. The standard InChI is InChI=1S/C17H19N7O3.H2S/c1-19-17(25)16-13(27-10-12-9-20-4-5-26-12)6-15(23-24-16)22-14-3-2-11(7-18)8-21-14;/h2-3,6,8,12,20H,4-5,9-10H2,1H3,(H,19,25)(H,21,22,23);1H2/t12-;/m0./s1. The van der Waals surface area contributed by atoms with Gasteiger partial charge in [0.05, 0.1) is 12.2 Å². The Morgan fingerprint density at radius 3 is 2.93 bits per heavy atom. The van der Waals surface area contributed by atoms with E-state index in [9.17, 15) is 4.79 Å². The number of hydrogen-bond donors (Lipinski definition) is 3. The van der Waals surface area contributed by atoms with Crippen molar-refractivity contribution in [2.75, 3.05) is 38.7 Å². The van der Waals surface area contributed by atoms with Gasteiger partial charge < -0.3 is 25.4 Å². The van der Waals surface area contributed by atoms with Crippen molar-refractivity contribution in [2.24, 2.45) is 0 Å². The number of carbonyl (C=O) groups excluding carboxylic acids is 1. The maximum atomic E-state index is 12.0. The fraction of sp³-hybridized carbons (Fsp3) is 0.353. The molecule has 1 aliphatic heterocycles. The molecule has 0 saturated carbocycles. The maximum absolute atomic E-state index is 12.0. The van der Waals surface area contributed by atoms with Crippen LogP contribution >= 0.6 is 13.5 Å². The average molecular weight is 403 g/mol. The Hall–Kier alpha value is -2.94. The lowest BCUT2D eigenvalue weighted by molar-refractivity contribution is -0.0000825. The van der Waals surface area contributed by atoms with Gasteiger partial charge in [-0.1, -0.05) is 0 Å². The maximum Gasteiger partial charge on any atom is 0.275 e. The van der Waals surface area contributed by atoms with E-state index in [0.29, 0.717) is 30.4 Å². The van der Waals surface area contributed by atoms with Crippen LogP contribution in [0.4, 0.5) is 11.6 Å². The molecule has 11 heteroatoms. The topological polar surface area (TPSA) is 134 Å². The minimum absolute atomic E-state index is 0. The number of amides is 1. The van der Waals surface area contributed by atoms with Crippen LogP contribution in [0.3, 0.4) is 0 Å². The third kappa shape index (κ3) is 5.53. The van der Waals surface area contributed by atoms with Crippen molar-refractivity contribution in [1.82, 2.24) is 25.8 Å². The van der Waals surface area contributed by atoms with Gasteiger partial charge in [0.1, 0.15) is 24.6 Å². The van der Waals surface area contributed by atoms with Crippen molar-refractivity contribution in [2.45, 2.75) is 6.10 Å². The molecule has 28 heavy (non-hydrogen) atoms. The van der Waals surface area contributed by atoms with Gasteiger partial charge in [0.15, 0.2) is 17.3 Å². The fourth-order valence-electron chi connectivity index (χ4n) is 2.40. The highest BCUT2D eigenvalue weighted by Crippen LogP contribution is 2.22. The summed E-state index contributed by atoms with van der Waals surface area (Å²) in [5.74, 6) is 0.734. The van der Waals surface area contributed by atoms with E-state index in [-0.39, 0.29) is 37.6 Å². The summed E-state index contributed by atoms with van der Waals surface area (Å²) in [4.78, 5) is 16.1. The molecule has 0 aliphatic carbocycles. The van der Waals surface area contributed by atoms with Crippen LogP contribution in [0.5, 0.6) is 5.75 Å². The largest absolute Gasteiger partial charge is 0.488 e. The Morgan fingerprint density at radius 1 is 1.43 bits per heavy atom. The Morgan fingerprint density at radius 2 is 2.29 bits per heavy atom. The zero-order valence-corrected chi connectivity index (χ0v) is 16.2. The van der Waals surface area contributed by atoms with Crippen molar-refractivity contribution >= 4 is 31.0 Å². The molecule has 3 heterocycles. The Labute approximate surface area is 169 Å². The molecule has 1 aliphatic rings. The average Bonchev–Trinajstić information content (AvgIpc) is 2.73. The summed E-state index contributed by atoms with van der Waals surface area (Å²) >= 11 is 0. The first-order chi connectivity index (χ1) is 13.2. The van der Waals surface area contributed by atoms with Crippen molar-refractivity contribution in [1.29, 1.82) is 5.26 Å². The molecule has 1 saturated heterocycles. The third-order valence-corrected chi connectivity index (χ3v) is 3.78. The summed E-state index contributed by atoms with van der Waals surface area (Å²) in [6, 6.07) is 6.86. The number of anilines is 2. The molecular weight excluding hydrogens is 382 g/mol. The number of nitriles is 1. The Balaban J connectivity index is 0.00000280. The van der Waals surface area contributed by atoms with E-state index in [1.807, 2.05) is 6.07 Å². The molecular formula is C17H21N7O3S. The van der Waals surface area contributed by atoms with Gasteiger partial charge >= 0.3 is 0 Å². The molecule has 0 unspecified atom stereocenters. The zero-order valence-electron chi connectivity index (χ0n) is 15.2. The Bertz CT molecular complexity index is 836. The predicted octanol–water partition coefficient (Wildman–Crippen LogP) is 0.326. The van der Waals surface area contributed by atoms with Gasteiger partial charge in [-0.2, -0.15) is 18.8 Å². The minimum atomic E-state index is -0.400. The van der Waals surface area contributed by atoms with Crippen molar-refractivity contribution < 1.29 is 14.3 Å². The smallest absolute Gasteiger partial charge is 0.275 e. The number of aromatic nitrogens is 3. The third-order valence-electron chi connectivity index (χ3n) is 3.78. The quantitative estimate of drug-likeness (QED) is 0.623. The van der Waals surface area contributed by atoms with Crippen molar-refractivity contribution in [3.8, 4) is 11.8 Å². The number of pyridine rings is 1. The molecule has 1 amide bonds.